The SMILES string of the molecule is COC1=C(c2ccccc2)NNC1c1ccccc1. The molecule has 3 rings (SSSR count). The Labute approximate surface area is 112 Å². The summed E-state index contributed by atoms with van der Waals surface area (Å²) in [5.41, 5.74) is 9.79. The van der Waals surface area contributed by atoms with E-state index in [2.05, 4.69) is 35.1 Å². The molecule has 0 amide bonds. The first-order valence-electron chi connectivity index (χ1n) is 6.30. The number of benzene rings is 2. The second-order valence-electron chi connectivity index (χ2n) is 4.42. The minimum atomic E-state index is 0.0430. The van der Waals surface area contributed by atoms with E-state index in [4.69, 9.17) is 4.74 Å². The fraction of sp³-hybridized carbons (Fsp3) is 0.125. The highest BCUT2D eigenvalue weighted by Crippen LogP contribution is 2.31. The van der Waals surface area contributed by atoms with Gasteiger partial charge in [0.25, 0.3) is 0 Å². The van der Waals surface area contributed by atoms with Gasteiger partial charge in [0.2, 0.25) is 0 Å². The van der Waals surface area contributed by atoms with Crippen LogP contribution in [-0.4, -0.2) is 7.11 Å². The van der Waals surface area contributed by atoms with Gasteiger partial charge < -0.3 is 10.2 Å². The van der Waals surface area contributed by atoms with Crippen LogP contribution in [0.4, 0.5) is 0 Å². The van der Waals surface area contributed by atoms with Gasteiger partial charge in [-0.2, -0.15) is 0 Å². The van der Waals surface area contributed by atoms with E-state index in [0.29, 0.717) is 0 Å². The Morgan fingerprint density at radius 1 is 0.895 bits per heavy atom. The van der Waals surface area contributed by atoms with Crippen molar-refractivity contribution in [3.05, 3.63) is 77.5 Å². The van der Waals surface area contributed by atoms with E-state index >= 15 is 0 Å². The van der Waals surface area contributed by atoms with Gasteiger partial charge in [0, 0.05) is 5.56 Å². The summed E-state index contributed by atoms with van der Waals surface area (Å²) in [6, 6.07) is 20.5. The third-order valence-corrected chi connectivity index (χ3v) is 3.27. The predicted molar refractivity (Wildman–Crippen MR) is 75.8 cm³/mol. The summed E-state index contributed by atoms with van der Waals surface area (Å²) < 4.78 is 5.60. The average molecular weight is 252 g/mol. The van der Waals surface area contributed by atoms with Crippen LogP contribution < -0.4 is 10.9 Å². The highest BCUT2D eigenvalue weighted by molar-refractivity contribution is 5.68. The summed E-state index contributed by atoms with van der Waals surface area (Å²) >= 11 is 0. The molecule has 96 valence electrons. The van der Waals surface area contributed by atoms with Crippen LogP contribution in [0.5, 0.6) is 0 Å². The Bertz CT molecular complexity index is 578. The fourth-order valence-corrected chi connectivity index (χ4v) is 2.34. The highest BCUT2D eigenvalue weighted by atomic mass is 16.5. The van der Waals surface area contributed by atoms with E-state index in [1.807, 2.05) is 36.4 Å². The minimum absolute atomic E-state index is 0.0430. The molecule has 2 aromatic carbocycles. The smallest absolute Gasteiger partial charge is 0.144 e. The molecule has 1 aliphatic rings. The molecule has 0 saturated carbocycles. The van der Waals surface area contributed by atoms with Gasteiger partial charge in [0.15, 0.2) is 0 Å². The Morgan fingerprint density at radius 2 is 1.53 bits per heavy atom. The van der Waals surface area contributed by atoms with Crippen molar-refractivity contribution in [1.82, 2.24) is 10.9 Å². The first-order valence-corrected chi connectivity index (χ1v) is 6.30. The van der Waals surface area contributed by atoms with Crippen molar-refractivity contribution < 1.29 is 4.74 Å². The summed E-state index contributed by atoms with van der Waals surface area (Å²) in [6.45, 7) is 0. The van der Waals surface area contributed by atoms with Gasteiger partial charge in [-0.05, 0) is 5.56 Å². The average Bonchev–Trinajstić information content (AvgIpc) is 2.93. The molecule has 0 spiro atoms. The Hall–Kier alpha value is -2.26. The van der Waals surface area contributed by atoms with E-state index in [0.717, 1.165) is 17.0 Å². The van der Waals surface area contributed by atoms with Crippen LogP contribution in [0, 0.1) is 0 Å². The first kappa shape index (κ1) is 11.8. The number of ether oxygens (including phenoxy) is 1. The van der Waals surface area contributed by atoms with Gasteiger partial charge in [-0.15, -0.1) is 0 Å². The minimum Gasteiger partial charge on any atom is -0.497 e. The lowest BCUT2D eigenvalue weighted by atomic mass is 10.0. The monoisotopic (exact) mass is 252 g/mol. The lowest BCUT2D eigenvalue weighted by Gasteiger charge is -2.13. The first-order chi connectivity index (χ1) is 9.40. The van der Waals surface area contributed by atoms with E-state index in [9.17, 15) is 0 Å². The van der Waals surface area contributed by atoms with Crippen molar-refractivity contribution in [1.29, 1.82) is 0 Å². The Kier molecular flexibility index (Phi) is 3.21. The van der Waals surface area contributed by atoms with Crippen molar-refractivity contribution in [3.8, 4) is 0 Å². The van der Waals surface area contributed by atoms with E-state index in [1.165, 1.54) is 5.56 Å². The topological polar surface area (TPSA) is 33.3 Å². The standard InChI is InChI=1S/C16H16N2O/c1-19-16-14(12-8-4-2-5-9-12)17-18-15(16)13-10-6-3-7-11-13/h2-11,14,17-18H,1H3. The third kappa shape index (κ3) is 2.20. The van der Waals surface area contributed by atoms with Crippen LogP contribution in [0.1, 0.15) is 17.2 Å². The van der Waals surface area contributed by atoms with Crippen molar-refractivity contribution >= 4 is 5.70 Å². The number of nitrogens with one attached hydrogen (secondary N) is 2. The molecule has 0 aromatic heterocycles. The maximum Gasteiger partial charge on any atom is 0.144 e. The Morgan fingerprint density at radius 3 is 2.16 bits per heavy atom. The summed E-state index contributed by atoms with van der Waals surface area (Å²) in [6.07, 6.45) is 0. The van der Waals surface area contributed by atoms with Crippen LogP contribution in [0.25, 0.3) is 5.70 Å². The number of methoxy groups -OCH3 is 1. The van der Waals surface area contributed by atoms with Crippen molar-refractivity contribution in [2.75, 3.05) is 7.11 Å². The van der Waals surface area contributed by atoms with Crippen LogP contribution in [-0.2, 0) is 4.74 Å². The maximum absolute atomic E-state index is 5.60. The van der Waals surface area contributed by atoms with E-state index in [-0.39, 0.29) is 6.04 Å². The molecular formula is C16H16N2O. The van der Waals surface area contributed by atoms with Gasteiger partial charge in [0.05, 0.1) is 12.8 Å². The van der Waals surface area contributed by atoms with Crippen LogP contribution >= 0.6 is 0 Å². The normalized spacial score (nSPS) is 18.3. The third-order valence-electron chi connectivity index (χ3n) is 3.27. The van der Waals surface area contributed by atoms with Crippen LogP contribution in [0.2, 0.25) is 0 Å². The number of rotatable bonds is 3. The lowest BCUT2D eigenvalue weighted by molar-refractivity contribution is 0.264. The van der Waals surface area contributed by atoms with E-state index < -0.39 is 0 Å². The molecule has 1 atom stereocenters. The molecular weight excluding hydrogens is 236 g/mol. The van der Waals surface area contributed by atoms with Gasteiger partial charge in [-0.25, -0.2) is 5.43 Å². The Balaban J connectivity index is 2.00. The molecule has 19 heavy (non-hydrogen) atoms. The van der Waals surface area contributed by atoms with Gasteiger partial charge >= 0.3 is 0 Å². The molecule has 1 unspecified atom stereocenters. The van der Waals surface area contributed by atoms with E-state index in [1.54, 1.807) is 7.11 Å². The molecule has 3 nitrogen and oxygen atoms in total. The molecule has 0 saturated heterocycles. The molecule has 3 heteroatoms. The fourth-order valence-electron chi connectivity index (χ4n) is 2.34. The number of hydrogen-bond donors (Lipinski definition) is 2. The molecule has 0 aliphatic carbocycles. The summed E-state index contributed by atoms with van der Waals surface area (Å²) in [7, 11) is 1.71. The number of hydrogen-bond acceptors (Lipinski definition) is 3. The molecule has 0 bridgehead atoms. The molecule has 1 aliphatic heterocycles. The zero-order valence-corrected chi connectivity index (χ0v) is 10.8. The van der Waals surface area contributed by atoms with Gasteiger partial charge in [0.1, 0.15) is 11.8 Å². The molecule has 1 heterocycles. The second-order valence-corrected chi connectivity index (χ2v) is 4.42. The van der Waals surface area contributed by atoms with Crippen LogP contribution in [0.3, 0.4) is 0 Å². The maximum atomic E-state index is 5.60. The molecule has 2 aromatic rings. The summed E-state index contributed by atoms with van der Waals surface area (Å²) in [5, 5.41) is 0. The quantitative estimate of drug-likeness (QED) is 0.881. The molecule has 2 N–H and O–H groups in total. The van der Waals surface area contributed by atoms with Crippen molar-refractivity contribution in [2.45, 2.75) is 6.04 Å². The molecule has 0 fully saturated rings. The van der Waals surface area contributed by atoms with Crippen molar-refractivity contribution in [3.63, 3.8) is 0 Å². The highest BCUT2D eigenvalue weighted by Gasteiger charge is 2.28. The largest absolute Gasteiger partial charge is 0.497 e. The number of hydrazine groups is 1. The summed E-state index contributed by atoms with van der Waals surface area (Å²) in [5.74, 6) is 0.914. The predicted octanol–water partition coefficient (Wildman–Crippen LogP) is 2.85. The second kappa shape index (κ2) is 5.16. The lowest BCUT2D eigenvalue weighted by Crippen LogP contribution is -2.26. The van der Waals surface area contributed by atoms with Crippen molar-refractivity contribution in [2.24, 2.45) is 0 Å². The zero-order valence-electron chi connectivity index (χ0n) is 10.8. The zero-order chi connectivity index (χ0) is 13.1. The van der Waals surface area contributed by atoms with Crippen LogP contribution in [0.15, 0.2) is 66.4 Å². The van der Waals surface area contributed by atoms with Gasteiger partial charge in [-0.1, -0.05) is 60.7 Å². The molecule has 0 radical (unpaired) electrons. The summed E-state index contributed by atoms with van der Waals surface area (Å²) in [4.78, 5) is 0. The van der Waals surface area contributed by atoms with Gasteiger partial charge in [-0.3, -0.25) is 0 Å².